The zero-order chi connectivity index (χ0) is 39.9. The second-order valence-electron chi connectivity index (χ2n) is 20.5. The number of hydrogen-bond acceptors (Lipinski definition) is 5. The highest BCUT2D eigenvalue weighted by atomic mass is 16.4. The highest BCUT2D eigenvalue weighted by molar-refractivity contribution is 6.34. The van der Waals surface area contributed by atoms with Crippen LogP contribution in [0, 0.1) is 58.2 Å². The van der Waals surface area contributed by atoms with Crippen molar-refractivity contribution >= 4 is 23.4 Å². The van der Waals surface area contributed by atoms with E-state index in [1.165, 1.54) is 73.0 Å². The van der Waals surface area contributed by atoms with E-state index in [1.807, 2.05) is 13.0 Å². The largest absolute Gasteiger partial charge is 0.478 e. The Bertz CT molecular complexity index is 1760. The lowest BCUT2D eigenvalue weighted by atomic mass is 9.33. The smallest absolute Gasteiger partial charge is 0.335 e. The van der Waals surface area contributed by atoms with Crippen LogP contribution in [0.2, 0.25) is 0 Å². The van der Waals surface area contributed by atoms with Gasteiger partial charge in [0.1, 0.15) is 0 Å². The van der Waals surface area contributed by atoms with Gasteiger partial charge in [0.25, 0.3) is 0 Å². The van der Waals surface area contributed by atoms with Crippen molar-refractivity contribution in [2.75, 3.05) is 53.4 Å². The van der Waals surface area contributed by atoms with Gasteiger partial charge in [-0.2, -0.15) is 0 Å². The summed E-state index contributed by atoms with van der Waals surface area (Å²) in [5.41, 5.74) is 6.08. The quantitative estimate of drug-likeness (QED) is 0.217. The molecule has 8 heteroatoms. The van der Waals surface area contributed by atoms with E-state index < -0.39 is 11.9 Å². The van der Waals surface area contributed by atoms with Crippen molar-refractivity contribution in [2.24, 2.45) is 51.2 Å². The Morgan fingerprint density at radius 1 is 0.909 bits per heavy atom. The van der Waals surface area contributed by atoms with Crippen LogP contribution in [0.1, 0.15) is 121 Å². The Labute approximate surface area is 331 Å². The number of carboxylic acid groups (broad SMARTS) is 1. The first-order valence-corrected chi connectivity index (χ1v) is 21.5. The summed E-state index contributed by atoms with van der Waals surface area (Å²) >= 11 is 0. The summed E-state index contributed by atoms with van der Waals surface area (Å²) < 4.78 is 0. The minimum atomic E-state index is -0.854. The molecule has 5 aliphatic carbocycles. The molecule has 0 radical (unpaired) electrons. The monoisotopic (exact) mass is 755 g/mol. The minimum absolute atomic E-state index is 0.00276. The second kappa shape index (κ2) is 14.1. The fourth-order valence-corrected chi connectivity index (χ4v) is 14.6. The lowest BCUT2D eigenvalue weighted by Crippen LogP contribution is -2.68. The number of aromatic carboxylic acids is 1. The summed E-state index contributed by atoms with van der Waals surface area (Å²) in [6, 6.07) is 5.96. The lowest BCUT2D eigenvalue weighted by molar-refractivity contribution is -0.219. The third-order valence-electron chi connectivity index (χ3n) is 17.6. The summed E-state index contributed by atoms with van der Waals surface area (Å²) in [7, 11) is 3.28. The van der Waals surface area contributed by atoms with Crippen molar-refractivity contribution in [3.8, 4) is 0 Å². The Hall–Kier alpha value is -2.97. The lowest BCUT2D eigenvalue weighted by Gasteiger charge is -2.72. The highest BCUT2D eigenvalue weighted by Crippen LogP contribution is 2.76. The van der Waals surface area contributed by atoms with E-state index in [9.17, 15) is 19.5 Å². The molecule has 0 spiro atoms. The van der Waals surface area contributed by atoms with Gasteiger partial charge >= 0.3 is 17.8 Å². The first-order chi connectivity index (χ1) is 25.8. The van der Waals surface area contributed by atoms with E-state index in [0.29, 0.717) is 48.2 Å². The molecule has 9 atom stereocenters. The summed E-state index contributed by atoms with van der Waals surface area (Å²) in [6.07, 6.45) is 13.7. The van der Waals surface area contributed by atoms with Crippen molar-refractivity contribution in [3.63, 3.8) is 0 Å². The number of rotatable bonds is 7. The second-order valence-corrected chi connectivity index (χ2v) is 20.5. The summed E-state index contributed by atoms with van der Waals surface area (Å²) in [6.45, 7) is 26.6. The molecular weight excluding hydrogens is 685 g/mol. The number of benzene rings is 1. The molecule has 2 N–H and O–H groups in total. The molecule has 0 aromatic heterocycles. The summed E-state index contributed by atoms with van der Waals surface area (Å²) in [4.78, 5) is 42.2. The van der Waals surface area contributed by atoms with Crippen LogP contribution in [0.15, 0.2) is 36.4 Å². The van der Waals surface area contributed by atoms with Crippen LogP contribution in [0.25, 0.3) is 5.57 Å². The number of nitrogens with one attached hydrogen (secondary N) is 1. The maximum absolute atomic E-state index is 12.6. The molecule has 8 nitrogen and oxygen atoms in total. The van der Waals surface area contributed by atoms with E-state index in [1.54, 1.807) is 25.1 Å². The van der Waals surface area contributed by atoms with Gasteiger partial charge in [0.05, 0.1) is 5.56 Å². The molecule has 2 amide bonds. The van der Waals surface area contributed by atoms with Crippen molar-refractivity contribution in [1.29, 1.82) is 0 Å². The molecule has 5 fully saturated rings. The maximum atomic E-state index is 12.6. The van der Waals surface area contributed by atoms with Crippen LogP contribution in [-0.2, 0) is 9.59 Å². The molecule has 1 aromatic rings. The van der Waals surface area contributed by atoms with Gasteiger partial charge in [0, 0.05) is 58.9 Å². The van der Waals surface area contributed by atoms with E-state index in [-0.39, 0.29) is 33.1 Å². The van der Waals surface area contributed by atoms with Crippen molar-refractivity contribution in [1.82, 2.24) is 20.0 Å². The first kappa shape index (κ1) is 40.2. The number of piperazine rings is 1. The number of fused-ring (bicyclic) bond motifs is 7. The summed E-state index contributed by atoms with van der Waals surface area (Å²) in [5, 5.41) is 14.0. The van der Waals surface area contributed by atoms with Gasteiger partial charge in [0.2, 0.25) is 0 Å². The van der Waals surface area contributed by atoms with Gasteiger partial charge in [-0.05, 0) is 146 Å². The third kappa shape index (κ3) is 6.26. The van der Waals surface area contributed by atoms with Crippen molar-refractivity contribution < 1.29 is 19.5 Å². The predicted molar refractivity (Wildman–Crippen MR) is 220 cm³/mol. The van der Waals surface area contributed by atoms with Gasteiger partial charge in [0.15, 0.2) is 0 Å². The van der Waals surface area contributed by atoms with Crippen LogP contribution < -0.4 is 5.32 Å². The van der Waals surface area contributed by atoms with Crippen LogP contribution >= 0.6 is 0 Å². The standard InChI is InChI=1S/C47H70N4O4/c1-30(2)33-15-20-47(48-23-24-50-25-27-51(28-26-50)41(53)40(52)49(9)10)22-21-45(7)36(39(33)47)13-14-38-44(6)18-16-35(32-11-12-34(42(54)55)31(3)29-32)43(4,5)37(44)17-19-46(38,45)8/h11-12,16,29,33,36-39,48H,1,13-15,17-28H2,2-10H3,(H,54,55)/t33-,36+,37-,38+,39+,44-,45+,46+,47-/m0/s1. The van der Waals surface area contributed by atoms with Gasteiger partial charge < -0.3 is 20.2 Å². The first-order valence-electron chi connectivity index (χ1n) is 21.5. The van der Waals surface area contributed by atoms with Gasteiger partial charge in [-0.3, -0.25) is 14.5 Å². The maximum Gasteiger partial charge on any atom is 0.335 e. The van der Waals surface area contributed by atoms with Crippen LogP contribution in [-0.4, -0.2) is 96.5 Å². The van der Waals surface area contributed by atoms with E-state index in [2.05, 4.69) is 70.5 Å². The normalized spacial score (nSPS) is 38.2. The average molecular weight is 755 g/mol. The molecule has 1 aliphatic heterocycles. The molecule has 0 bridgehead atoms. The fourth-order valence-electron chi connectivity index (χ4n) is 14.6. The zero-order valence-corrected chi connectivity index (χ0v) is 35.5. The number of allylic oxidation sites excluding steroid dienone is 3. The Balaban J connectivity index is 1.09. The fraction of sp³-hybridized carbons (Fsp3) is 0.723. The Morgan fingerprint density at radius 2 is 1.62 bits per heavy atom. The molecule has 4 saturated carbocycles. The molecule has 302 valence electrons. The number of nitrogens with zero attached hydrogens (tertiary/aromatic N) is 3. The molecule has 55 heavy (non-hydrogen) atoms. The van der Waals surface area contributed by atoms with E-state index in [4.69, 9.17) is 0 Å². The number of carbonyl (C=O) groups is 3. The zero-order valence-electron chi connectivity index (χ0n) is 35.5. The Kier molecular flexibility index (Phi) is 10.3. The Morgan fingerprint density at radius 3 is 2.25 bits per heavy atom. The molecule has 6 aliphatic rings. The van der Waals surface area contributed by atoms with Crippen molar-refractivity contribution in [3.05, 3.63) is 53.1 Å². The molecule has 1 heterocycles. The molecule has 1 aromatic carbocycles. The van der Waals surface area contributed by atoms with Crippen LogP contribution in [0.5, 0.6) is 0 Å². The summed E-state index contributed by atoms with van der Waals surface area (Å²) in [5.74, 6) is 1.39. The molecule has 0 unspecified atom stereocenters. The average Bonchev–Trinajstić information content (AvgIpc) is 3.51. The van der Waals surface area contributed by atoms with Gasteiger partial charge in [-0.15, -0.1) is 0 Å². The third-order valence-corrected chi connectivity index (χ3v) is 17.6. The molecule has 1 saturated heterocycles. The van der Waals surface area contributed by atoms with Gasteiger partial charge in [-0.25, -0.2) is 4.79 Å². The number of likely N-dealkylation sites (N-methyl/N-ethyl adjacent to an activating group) is 1. The van der Waals surface area contributed by atoms with Gasteiger partial charge in [-0.1, -0.05) is 65.0 Å². The van der Waals surface area contributed by atoms with Crippen molar-refractivity contribution in [2.45, 2.75) is 112 Å². The van der Waals surface area contributed by atoms with E-state index >= 15 is 0 Å². The number of amides is 2. The number of aryl methyl sites for hydroxylation is 1. The van der Waals surface area contributed by atoms with E-state index in [0.717, 1.165) is 38.2 Å². The number of carbonyl (C=O) groups excluding carboxylic acids is 2. The number of hydrogen-bond donors (Lipinski definition) is 2. The minimum Gasteiger partial charge on any atom is -0.478 e. The van der Waals surface area contributed by atoms with Crippen LogP contribution in [0.4, 0.5) is 0 Å². The number of carboxylic acids is 1. The highest BCUT2D eigenvalue weighted by Gasteiger charge is 2.70. The SMILES string of the molecule is C=C(C)[C@@H]1CC[C@]2(NCCN3CCN(C(=O)C(=O)N(C)C)CC3)CC[C@]3(C)[C@H](CC[C@@H]4[C@@]5(C)CC=C(c6ccc(C(=O)O)c(C)c6)C(C)(C)[C@@H]5CC[C@]43C)[C@@H]12. The molecular formula is C47H70N4O4. The predicted octanol–water partition coefficient (Wildman–Crippen LogP) is 7.92. The topological polar surface area (TPSA) is 93.2 Å². The molecule has 7 rings (SSSR count). The van der Waals surface area contributed by atoms with Crippen LogP contribution in [0.3, 0.4) is 0 Å².